The molecule has 1 aromatic heterocycles. The molecule has 2 aromatic rings. The number of nitrogens with one attached hydrogen (secondary N) is 3. The molecule has 1 aromatic carbocycles. The first-order valence-electron chi connectivity index (χ1n) is 11.7. The van der Waals surface area contributed by atoms with Crippen molar-refractivity contribution in [2.75, 3.05) is 39.3 Å². The standard InChI is InChI=1S/C25H39N5/c1-2-5-12-26-15-17-30(18-16-27-13-6-3-1)22-24-10-8-9-23(19-24)20-28-21-25-11-4-7-14-29-25/h4,7-11,14,19,26-28H,1-3,5-6,12-13,15-18,20-22H2. The van der Waals surface area contributed by atoms with Crippen molar-refractivity contribution in [3.8, 4) is 0 Å². The van der Waals surface area contributed by atoms with Gasteiger partial charge in [-0.05, 0) is 49.2 Å². The van der Waals surface area contributed by atoms with Crippen LogP contribution in [0.15, 0.2) is 48.7 Å². The highest BCUT2D eigenvalue weighted by molar-refractivity contribution is 5.23. The predicted molar refractivity (Wildman–Crippen MR) is 125 cm³/mol. The lowest BCUT2D eigenvalue weighted by Crippen LogP contribution is -2.37. The largest absolute Gasteiger partial charge is 0.315 e. The maximum absolute atomic E-state index is 4.38. The van der Waals surface area contributed by atoms with Gasteiger partial charge < -0.3 is 16.0 Å². The van der Waals surface area contributed by atoms with E-state index in [1.807, 2.05) is 18.3 Å². The Morgan fingerprint density at radius 1 is 0.767 bits per heavy atom. The molecule has 2 heterocycles. The number of rotatable bonds is 6. The van der Waals surface area contributed by atoms with Crippen LogP contribution in [0.3, 0.4) is 0 Å². The second-order valence-corrected chi connectivity index (χ2v) is 8.29. The number of nitrogens with zero attached hydrogens (tertiary/aromatic N) is 2. The minimum absolute atomic E-state index is 0.800. The van der Waals surface area contributed by atoms with E-state index in [2.05, 4.69) is 56.2 Å². The van der Waals surface area contributed by atoms with Gasteiger partial charge in [0, 0.05) is 52.0 Å². The van der Waals surface area contributed by atoms with Crippen LogP contribution in [-0.4, -0.2) is 49.2 Å². The van der Waals surface area contributed by atoms with Gasteiger partial charge in [0.1, 0.15) is 0 Å². The Kier molecular flexibility index (Phi) is 10.9. The van der Waals surface area contributed by atoms with Crippen LogP contribution in [0.4, 0.5) is 0 Å². The fourth-order valence-electron chi connectivity index (χ4n) is 3.96. The summed E-state index contributed by atoms with van der Waals surface area (Å²) >= 11 is 0. The summed E-state index contributed by atoms with van der Waals surface area (Å²) < 4.78 is 0. The van der Waals surface area contributed by atoms with Crippen molar-refractivity contribution in [1.82, 2.24) is 25.8 Å². The van der Waals surface area contributed by atoms with Crippen molar-refractivity contribution < 1.29 is 0 Å². The van der Waals surface area contributed by atoms with Crippen LogP contribution in [0.1, 0.15) is 48.9 Å². The predicted octanol–water partition coefficient (Wildman–Crippen LogP) is 3.32. The normalized spacial score (nSPS) is 18.0. The molecular formula is C25H39N5. The summed E-state index contributed by atoms with van der Waals surface area (Å²) in [6.45, 7) is 9.34. The zero-order valence-corrected chi connectivity index (χ0v) is 18.4. The summed E-state index contributed by atoms with van der Waals surface area (Å²) in [5.41, 5.74) is 3.81. The minimum atomic E-state index is 0.800. The quantitative estimate of drug-likeness (QED) is 0.683. The van der Waals surface area contributed by atoms with Gasteiger partial charge in [-0.1, -0.05) is 49.6 Å². The lowest BCUT2D eigenvalue weighted by atomic mass is 10.1. The molecule has 3 rings (SSSR count). The Morgan fingerprint density at radius 2 is 1.50 bits per heavy atom. The SMILES string of the molecule is c1ccc(CNCc2cccc(CN3CCNCCCCCCCNCC3)c2)nc1. The van der Waals surface area contributed by atoms with E-state index in [0.717, 1.165) is 64.6 Å². The maximum atomic E-state index is 4.38. The number of hydrogen-bond donors (Lipinski definition) is 3. The highest BCUT2D eigenvalue weighted by Crippen LogP contribution is 2.09. The first-order valence-corrected chi connectivity index (χ1v) is 11.7. The number of pyridine rings is 1. The Morgan fingerprint density at radius 3 is 2.23 bits per heavy atom. The van der Waals surface area contributed by atoms with Gasteiger partial charge in [-0.25, -0.2) is 0 Å². The Bertz CT molecular complexity index is 677. The zero-order chi connectivity index (χ0) is 20.7. The van der Waals surface area contributed by atoms with E-state index in [1.165, 1.54) is 43.2 Å². The molecule has 30 heavy (non-hydrogen) atoms. The smallest absolute Gasteiger partial charge is 0.0541 e. The van der Waals surface area contributed by atoms with Crippen molar-refractivity contribution in [2.24, 2.45) is 0 Å². The summed E-state index contributed by atoms with van der Waals surface area (Å²) in [6.07, 6.45) is 8.56. The van der Waals surface area contributed by atoms with Crippen LogP contribution in [0.5, 0.6) is 0 Å². The van der Waals surface area contributed by atoms with E-state index in [-0.39, 0.29) is 0 Å². The van der Waals surface area contributed by atoms with Gasteiger partial charge in [-0.3, -0.25) is 9.88 Å². The number of aromatic nitrogens is 1. The average molecular weight is 410 g/mol. The highest BCUT2D eigenvalue weighted by atomic mass is 15.1. The van der Waals surface area contributed by atoms with Crippen LogP contribution >= 0.6 is 0 Å². The molecule has 5 nitrogen and oxygen atoms in total. The molecule has 1 fully saturated rings. The van der Waals surface area contributed by atoms with Gasteiger partial charge in [-0.2, -0.15) is 0 Å². The summed E-state index contributed by atoms with van der Waals surface area (Å²) in [4.78, 5) is 6.95. The fourth-order valence-corrected chi connectivity index (χ4v) is 3.96. The first kappa shape index (κ1) is 22.9. The van der Waals surface area contributed by atoms with E-state index in [9.17, 15) is 0 Å². The van der Waals surface area contributed by atoms with Crippen LogP contribution in [0, 0.1) is 0 Å². The van der Waals surface area contributed by atoms with Crippen molar-refractivity contribution in [2.45, 2.75) is 51.7 Å². The monoisotopic (exact) mass is 409 g/mol. The lowest BCUT2D eigenvalue weighted by molar-refractivity contribution is 0.263. The van der Waals surface area contributed by atoms with Gasteiger partial charge in [0.05, 0.1) is 5.69 Å². The first-order chi connectivity index (χ1) is 14.9. The maximum Gasteiger partial charge on any atom is 0.0541 e. The molecule has 164 valence electrons. The van der Waals surface area contributed by atoms with Crippen molar-refractivity contribution in [1.29, 1.82) is 0 Å². The summed E-state index contributed by atoms with van der Waals surface area (Å²) in [6, 6.07) is 15.1. The van der Waals surface area contributed by atoms with Gasteiger partial charge in [0.25, 0.3) is 0 Å². The van der Waals surface area contributed by atoms with Gasteiger partial charge in [0.2, 0.25) is 0 Å². The highest BCUT2D eigenvalue weighted by Gasteiger charge is 2.07. The van der Waals surface area contributed by atoms with Crippen molar-refractivity contribution in [3.63, 3.8) is 0 Å². The minimum Gasteiger partial charge on any atom is -0.315 e. The van der Waals surface area contributed by atoms with Crippen LogP contribution in [-0.2, 0) is 19.6 Å². The van der Waals surface area contributed by atoms with E-state index < -0.39 is 0 Å². The average Bonchev–Trinajstić information content (AvgIpc) is 2.77. The third-order valence-electron chi connectivity index (χ3n) is 5.68. The topological polar surface area (TPSA) is 52.2 Å². The van der Waals surface area contributed by atoms with Gasteiger partial charge in [-0.15, -0.1) is 0 Å². The summed E-state index contributed by atoms with van der Waals surface area (Å²) in [5.74, 6) is 0. The summed E-state index contributed by atoms with van der Waals surface area (Å²) in [5, 5.41) is 10.8. The third kappa shape index (κ3) is 9.35. The molecule has 0 aliphatic carbocycles. The molecule has 1 saturated heterocycles. The molecule has 0 bridgehead atoms. The molecule has 0 saturated carbocycles. The molecule has 0 amide bonds. The van der Waals surface area contributed by atoms with Crippen LogP contribution in [0.25, 0.3) is 0 Å². The second-order valence-electron chi connectivity index (χ2n) is 8.29. The molecule has 1 aliphatic heterocycles. The van der Waals surface area contributed by atoms with E-state index in [1.54, 1.807) is 0 Å². The number of hydrogen-bond acceptors (Lipinski definition) is 5. The molecule has 3 N–H and O–H groups in total. The Labute approximate surface area is 182 Å². The molecular weight excluding hydrogens is 370 g/mol. The molecule has 0 spiro atoms. The van der Waals surface area contributed by atoms with E-state index in [4.69, 9.17) is 0 Å². The Hall–Kier alpha value is -1.79. The molecule has 5 heteroatoms. The molecule has 0 radical (unpaired) electrons. The van der Waals surface area contributed by atoms with Gasteiger partial charge in [0.15, 0.2) is 0 Å². The number of benzene rings is 1. The van der Waals surface area contributed by atoms with E-state index in [0.29, 0.717) is 0 Å². The van der Waals surface area contributed by atoms with E-state index >= 15 is 0 Å². The zero-order valence-electron chi connectivity index (χ0n) is 18.4. The van der Waals surface area contributed by atoms with Crippen LogP contribution in [0.2, 0.25) is 0 Å². The Balaban J connectivity index is 1.47. The second kappa shape index (κ2) is 14.3. The third-order valence-corrected chi connectivity index (χ3v) is 5.68. The van der Waals surface area contributed by atoms with Crippen molar-refractivity contribution >= 4 is 0 Å². The fraction of sp³-hybridized carbons (Fsp3) is 0.560. The molecule has 0 unspecified atom stereocenters. The molecule has 1 aliphatic rings. The summed E-state index contributed by atoms with van der Waals surface area (Å²) in [7, 11) is 0. The van der Waals surface area contributed by atoms with Crippen molar-refractivity contribution in [3.05, 3.63) is 65.5 Å². The lowest BCUT2D eigenvalue weighted by Gasteiger charge is -2.23. The van der Waals surface area contributed by atoms with Gasteiger partial charge >= 0.3 is 0 Å². The molecule has 0 atom stereocenters. The van der Waals surface area contributed by atoms with Crippen LogP contribution < -0.4 is 16.0 Å².